The molecule has 0 spiro atoms. The summed E-state index contributed by atoms with van der Waals surface area (Å²) in [5, 5.41) is 4.02. The second-order valence-electron chi connectivity index (χ2n) is 12.9. The average molecular weight is 680 g/mol. The third kappa shape index (κ3) is 7.60. The minimum atomic E-state index is -3.59. The van der Waals surface area contributed by atoms with Gasteiger partial charge in [-0.1, -0.05) is 12.1 Å². The third-order valence-corrected chi connectivity index (χ3v) is 8.71. The van der Waals surface area contributed by atoms with Gasteiger partial charge in [-0.3, -0.25) is 25.2 Å². The largest absolute Gasteiger partial charge is 0.442 e. The summed E-state index contributed by atoms with van der Waals surface area (Å²) in [6.07, 6.45) is -1.91. The number of halogens is 3. The molecule has 2 fully saturated rings. The number of amides is 2. The summed E-state index contributed by atoms with van der Waals surface area (Å²) in [4.78, 5) is 45.5. The molecule has 5 rings (SSSR count). The summed E-state index contributed by atoms with van der Waals surface area (Å²) in [7, 11) is -3.59. The molecule has 254 valence electrons. The van der Waals surface area contributed by atoms with Crippen molar-refractivity contribution in [3.63, 3.8) is 0 Å². The van der Waals surface area contributed by atoms with Crippen molar-refractivity contribution in [2.75, 3.05) is 22.9 Å². The fourth-order valence-corrected chi connectivity index (χ4v) is 6.48. The Labute approximate surface area is 269 Å². The molecule has 1 aromatic carbocycles. The molecule has 0 bridgehead atoms. The summed E-state index contributed by atoms with van der Waals surface area (Å²) < 4.78 is 75.5. The van der Waals surface area contributed by atoms with Crippen LogP contribution in [0.1, 0.15) is 58.4 Å². The van der Waals surface area contributed by atoms with Crippen LogP contribution >= 0.6 is 0 Å². The molecule has 0 unspecified atom stereocenters. The highest BCUT2D eigenvalue weighted by molar-refractivity contribution is 7.92. The van der Waals surface area contributed by atoms with Crippen molar-refractivity contribution in [1.82, 2.24) is 25.1 Å². The number of pyridine rings is 1. The van der Waals surface area contributed by atoms with Gasteiger partial charge in [0, 0.05) is 24.9 Å². The molecule has 0 radical (unpaired) electrons. The highest BCUT2D eigenvalue weighted by atomic mass is 32.2. The lowest BCUT2D eigenvalue weighted by molar-refractivity contribution is -0.147. The van der Waals surface area contributed by atoms with Gasteiger partial charge in [-0.25, -0.2) is 31.4 Å². The second kappa shape index (κ2) is 12.3. The number of alkyl halides is 3. The van der Waals surface area contributed by atoms with Crippen molar-refractivity contribution in [2.24, 2.45) is 0 Å². The highest BCUT2D eigenvalue weighted by Gasteiger charge is 2.53. The van der Waals surface area contributed by atoms with E-state index in [1.165, 1.54) is 42.6 Å². The molecule has 2 aliphatic rings. The van der Waals surface area contributed by atoms with Gasteiger partial charge in [-0.05, 0) is 63.4 Å². The summed E-state index contributed by atoms with van der Waals surface area (Å²) in [5.41, 5.74) is 4.11. The lowest BCUT2D eigenvalue weighted by atomic mass is 9.67. The normalized spacial score (nSPS) is 20.9. The first-order chi connectivity index (χ1) is 21.9. The minimum Gasteiger partial charge on any atom is -0.442 e. The Kier molecular flexibility index (Phi) is 8.89. The second-order valence-corrected chi connectivity index (χ2v) is 14.7. The summed E-state index contributed by atoms with van der Waals surface area (Å²) >= 11 is 0. The molecule has 2 amide bonds. The van der Waals surface area contributed by atoms with Gasteiger partial charge in [0.05, 0.1) is 29.9 Å². The quantitative estimate of drug-likeness (QED) is 0.312. The van der Waals surface area contributed by atoms with E-state index < -0.39 is 76.5 Å². The highest BCUT2D eigenvalue weighted by Crippen LogP contribution is 2.47. The number of carbonyl (C=O) groups is 3. The number of hydrogen-bond acceptors (Lipinski definition) is 9. The predicted molar refractivity (Wildman–Crippen MR) is 166 cm³/mol. The van der Waals surface area contributed by atoms with Crippen LogP contribution in [0.5, 0.6) is 0 Å². The van der Waals surface area contributed by atoms with Gasteiger partial charge < -0.3 is 9.64 Å². The van der Waals surface area contributed by atoms with E-state index in [0.29, 0.717) is 16.6 Å². The SMILES string of the molecule is CC(C)(C)OC(=O)n1ncc2nc(NNC(=O)[C@H]3C[C@@H](F)CN3C(=O)C3(c4ccc(NS(C)(=O)=O)cc4)CCC(F)(F)CC3)ccc21. The molecular formula is C30H36F3N7O6S. The van der Waals surface area contributed by atoms with Crippen LogP contribution in [-0.2, 0) is 29.8 Å². The van der Waals surface area contributed by atoms with E-state index in [1.807, 2.05) is 0 Å². The number of rotatable bonds is 7. The molecule has 3 heterocycles. The number of aromatic nitrogens is 3. The number of hydrogen-bond donors (Lipinski definition) is 3. The van der Waals surface area contributed by atoms with E-state index in [-0.39, 0.29) is 30.8 Å². The fourth-order valence-electron chi connectivity index (χ4n) is 5.92. The van der Waals surface area contributed by atoms with Crippen LogP contribution in [-0.4, -0.2) is 82.5 Å². The minimum absolute atomic E-state index is 0.163. The van der Waals surface area contributed by atoms with Crippen LogP contribution in [0.2, 0.25) is 0 Å². The smallest absolute Gasteiger partial charge is 0.435 e. The Bertz CT molecular complexity index is 1780. The van der Waals surface area contributed by atoms with Gasteiger partial charge in [0.2, 0.25) is 21.9 Å². The van der Waals surface area contributed by atoms with Crippen LogP contribution in [0, 0.1) is 0 Å². The number of anilines is 2. The first kappa shape index (κ1) is 33.9. The van der Waals surface area contributed by atoms with Gasteiger partial charge in [-0.2, -0.15) is 9.78 Å². The Morgan fingerprint density at radius 2 is 1.68 bits per heavy atom. The molecule has 1 aliphatic heterocycles. The Morgan fingerprint density at radius 3 is 2.30 bits per heavy atom. The number of likely N-dealkylation sites (tertiary alicyclic amines) is 1. The summed E-state index contributed by atoms with van der Waals surface area (Å²) in [6.45, 7) is 4.75. The molecule has 1 saturated heterocycles. The van der Waals surface area contributed by atoms with Crippen LogP contribution in [0.25, 0.3) is 11.0 Å². The fraction of sp³-hybridized carbons (Fsp3) is 0.500. The first-order valence-corrected chi connectivity index (χ1v) is 16.8. The Morgan fingerprint density at radius 1 is 1.02 bits per heavy atom. The molecular weight excluding hydrogens is 643 g/mol. The topological polar surface area (TPSA) is 165 Å². The van der Waals surface area contributed by atoms with Crippen LogP contribution in [0.4, 0.5) is 29.5 Å². The lowest BCUT2D eigenvalue weighted by Gasteiger charge is -2.42. The van der Waals surface area contributed by atoms with Gasteiger partial charge in [-0.15, -0.1) is 0 Å². The molecule has 1 aliphatic carbocycles. The Hall–Kier alpha value is -4.41. The summed E-state index contributed by atoms with van der Waals surface area (Å²) in [6, 6.07) is 7.58. The molecule has 3 N–H and O–H groups in total. The molecule has 3 aromatic rings. The average Bonchev–Trinajstić information content (AvgIpc) is 3.58. The van der Waals surface area contributed by atoms with Crippen molar-refractivity contribution in [3.05, 3.63) is 48.2 Å². The number of nitrogens with zero attached hydrogens (tertiary/aromatic N) is 4. The van der Waals surface area contributed by atoms with E-state index >= 15 is 0 Å². The molecule has 17 heteroatoms. The van der Waals surface area contributed by atoms with Gasteiger partial charge in [0.1, 0.15) is 29.1 Å². The standard InChI is InChI=1S/C30H36F3N7O6S/c1-28(2,3)46-27(43)40-22-9-10-24(35-21(22)16-34-40)36-37-25(41)23-15-19(31)17-39(23)26(42)29(11-13-30(32,33)14-12-29)18-5-7-20(8-6-18)38-47(4,44)45/h5-10,16,19,23,38H,11-15,17H2,1-4H3,(H,35,36)(H,37,41)/t19-,23-/m1/s1. The number of carbonyl (C=O) groups excluding carboxylic acids is 3. The lowest BCUT2D eigenvalue weighted by Crippen LogP contribution is -2.55. The van der Waals surface area contributed by atoms with Gasteiger partial charge >= 0.3 is 6.09 Å². The molecule has 47 heavy (non-hydrogen) atoms. The van der Waals surface area contributed by atoms with E-state index in [9.17, 15) is 36.0 Å². The molecule has 2 aromatic heterocycles. The number of fused-ring (bicyclic) bond motifs is 1. The number of ether oxygens (including phenoxy) is 1. The van der Waals surface area contributed by atoms with E-state index in [1.54, 1.807) is 20.8 Å². The zero-order valence-corrected chi connectivity index (χ0v) is 27.0. The predicted octanol–water partition coefficient (Wildman–Crippen LogP) is 4.12. The molecule has 1 saturated carbocycles. The van der Waals surface area contributed by atoms with Crippen molar-refractivity contribution < 1.29 is 40.7 Å². The van der Waals surface area contributed by atoms with E-state index in [4.69, 9.17) is 4.74 Å². The number of benzene rings is 1. The van der Waals surface area contributed by atoms with Crippen molar-refractivity contribution in [1.29, 1.82) is 0 Å². The van der Waals surface area contributed by atoms with Gasteiger partial charge in [0.25, 0.3) is 5.91 Å². The van der Waals surface area contributed by atoms with E-state index in [0.717, 1.165) is 15.8 Å². The molecule has 2 atom stereocenters. The maximum atomic E-state index is 14.8. The number of hydrazine groups is 1. The number of sulfonamides is 1. The van der Waals surface area contributed by atoms with Crippen molar-refractivity contribution >= 4 is 50.5 Å². The van der Waals surface area contributed by atoms with Crippen LogP contribution < -0.4 is 15.6 Å². The summed E-state index contributed by atoms with van der Waals surface area (Å²) in [5.74, 6) is -4.23. The third-order valence-electron chi connectivity index (χ3n) is 8.11. The van der Waals surface area contributed by atoms with Crippen LogP contribution in [0.15, 0.2) is 42.6 Å². The monoisotopic (exact) mass is 679 g/mol. The van der Waals surface area contributed by atoms with Gasteiger partial charge in [0.15, 0.2) is 0 Å². The first-order valence-electron chi connectivity index (χ1n) is 14.9. The zero-order chi connectivity index (χ0) is 34.4. The number of nitrogens with one attached hydrogen (secondary N) is 3. The van der Waals surface area contributed by atoms with E-state index in [2.05, 4.69) is 25.7 Å². The molecule has 13 nitrogen and oxygen atoms in total. The maximum absolute atomic E-state index is 14.8. The van der Waals surface area contributed by atoms with Crippen LogP contribution in [0.3, 0.4) is 0 Å². The van der Waals surface area contributed by atoms with Crippen molar-refractivity contribution in [2.45, 2.75) is 82.0 Å². The maximum Gasteiger partial charge on any atom is 0.435 e. The Balaban J connectivity index is 1.33. The zero-order valence-electron chi connectivity index (χ0n) is 26.2. The van der Waals surface area contributed by atoms with Crippen molar-refractivity contribution in [3.8, 4) is 0 Å².